The number of benzene rings is 1. The minimum atomic E-state index is -1.70. The molecule has 1 aromatic carbocycles. The molecule has 1 rings (SSSR count). The van der Waals surface area contributed by atoms with E-state index in [4.69, 9.17) is 44.8 Å². The Labute approximate surface area is 132 Å². The van der Waals surface area contributed by atoms with Crippen LogP contribution in [0.4, 0.5) is 4.79 Å². The van der Waals surface area contributed by atoms with Gasteiger partial charge in [0.15, 0.2) is 6.10 Å². The maximum absolute atomic E-state index is 11.3. The van der Waals surface area contributed by atoms with Crippen molar-refractivity contribution in [3.63, 3.8) is 0 Å². The molecule has 1 aromatic rings. The molecule has 0 bridgehead atoms. The minimum Gasteiger partial charge on any atom is -0.430 e. The van der Waals surface area contributed by atoms with Crippen molar-refractivity contribution in [1.82, 2.24) is 0 Å². The fourth-order valence-corrected chi connectivity index (χ4v) is 1.55. The predicted octanol–water partition coefficient (Wildman–Crippen LogP) is 4.03. The Balaban J connectivity index is 2.36. The maximum Gasteiger partial charge on any atom is 0.509 e. The third kappa shape index (κ3) is 7.44. The van der Waals surface area contributed by atoms with Crippen LogP contribution < -0.4 is 0 Å². The second-order valence-corrected chi connectivity index (χ2v) is 6.43. The molecule has 0 aliphatic heterocycles. The molecule has 0 saturated heterocycles. The number of nitrogens with zero attached hydrogens (tertiary/aromatic N) is 1. The quantitative estimate of drug-likeness (QED) is 0.601. The Morgan fingerprint density at radius 1 is 1.30 bits per heavy atom. The van der Waals surface area contributed by atoms with E-state index in [1.54, 1.807) is 0 Å². The summed E-state index contributed by atoms with van der Waals surface area (Å²) in [4.78, 5) is 11.3. The lowest BCUT2D eigenvalue weighted by Crippen LogP contribution is -2.22. The molecule has 0 spiro atoms. The third-order valence-corrected chi connectivity index (χ3v) is 2.60. The van der Waals surface area contributed by atoms with Crippen molar-refractivity contribution in [3.8, 4) is 6.07 Å². The van der Waals surface area contributed by atoms with Gasteiger partial charge in [0, 0.05) is 6.42 Å². The van der Waals surface area contributed by atoms with Gasteiger partial charge in [-0.25, -0.2) is 4.79 Å². The second kappa shape index (κ2) is 8.21. The van der Waals surface area contributed by atoms with Crippen LogP contribution in [0.1, 0.15) is 12.0 Å². The van der Waals surface area contributed by atoms with Crippen molar-refractivity contribution in [2.45, 2.75) is 22.7 Å². The fraction of sp³-hybridized carbons (Fsp3) is 0.385. The Hall–Kier alpha value is -1.15. The second-order valence-electron chi connectivity index (χ2n) is 3.91. The van der Waals surface area contributed by atoms with E-state index in [0.29, 0.717) is 12.8 Å². The van der Waals surface area contributed by atoms with Crippen LogP contribution in [0.5, 0.6) is 0 Å². The molecule has 0 aromatic heterocycles. The lowest BCUT2D eigenvalue weighted by Gasteiger charge is -2.13. The van der Waals surface area contributed by atoms with Crippen LogP contribution in [0, 0.1) is 11.3 Å². The number of halogens is 3. The highest BCUT2D eigenvalue weighted by molar-refractivity contribution is 6.67. The molecule has 20 heavy (non-hydrogen) atoms. The standard InChI is InChI=1S/C13H12Cl3NO3/c14-13(15,16)9-19-12(18)20-11(8-17)7-6-10-4-2-1-3-5-10/h1-5,11H,6-7,9H2. The van der Waals surface area contributed by atoms with Crippen molar-refractivity contribution in [1.29, 1.82) is 5.26 Å². The van der Waals surface area contributed by atoms with Crippen molar-refractivity contribution >= 4 is 41.0 Å². The van der Waals surface area contributed by atoms with E-state index >= 15 is 0 Å². The fourth-order valence-electron chi connectivity index (χ4n) is 1.38. The number of rotatable bonds is 5. The lowest BCUT2D eigenvalue weighted by atomic mass is 10.1. The number of aryl methyl sites for hydroxylation is 1. The van der Waals surface area contributed by atoms with Gasteiger partial charge in [-0.05, 0) is 12.0 Å². The highest BCUT2D eigenvalue weighted by Gasteiger charge is 2.24. The van der Waals surface area contributed by atoms with E-state index in [2.05, 4.69) is 4.74 Å². The average molecular weight is 337 g/mol. The Morgan fingerprint density at radius 2 is 1.95 bits per heavy atom. The van der Waals surface area contributed by atoms with Crippen LogP contribution in [0.25, 0.3) is 0 Å². The monoisotopic (exact) mass is 335 g/mol. The van der Waals surface area contributed by atoms with Gasteiger partial charge in [-0.2, -0.15) is 5.26 Å². The van der Waals surface area contributed by atoms with Gasteiger partial charge in [-0.1, -0.05) is 65.1 Å². The number of alkyl halides is 3. The average Bonchev–Trinajstić information content (AvgIpc) is 2.41. The zero-order valence-corrected chi connectivity index (χ0v) is 12.7. The molecule has 0 aliphatic rings. The molecule has 0 amide bonds. The molecule has 0 aliphatic carbocycles. The Morgan fingerprint density at radius 3 is 2.50 bits per heavy atom. The molecule has 7 heteroatoms. The van der Waals surface area contributed by atoms with Crippen LogP contribution in [0.2, 0.25) is 0 Å². The van der Waals surface area contributed by atoms with E-state index in [1.165, 1.54) is 0 Å². The Kier molecular flexibility index (Phi) is 6.94. The van der Waals surface area contributed by atoms with E-state index < -0.39 is 22.7 Å². The van der Waals surface area contributed by atoms with Crippen LogP contribution in [-0.2, 0) is 15.9 Å². The first-order chi connectivity index (χ1) is 9.40. The normalized spacial score (nSPS) is 12.3. The molecule has 0 N–H and O–H groups in total. The SMILES string of the molecule is N#CC(CCc1ccccc1)OC(=O)OCC(Cl)(Cl)Cl. The number of nitriles is 1. The number of carbonyl (C=O) groups excluding carboxylic acids is 1. The third-order valence-electron chi connectivity index (χ3n) is 2.27. The van der Waals surface area contributed by atoms with Crippen LogP contribution >= 0.6 is 34.8 Å². The molecule has 4 nitrogen and oxygen atoms in total. The summed E-state index contributed by atoms with van der Waals surface area (Å²) >= 11 is 16.3. The molecule has 0 heterocycles. The maximum atomic E-state index is 11.3. The number of hydrogen-bond acceptors (Lipinski definition) is 4. The van der Waals surface area contributed by atoms with Crippen molar-refractivity contribution in [3.05, 3.63) is 35.9 Å². The highest BCUT2D eigenvalue weighted by Crippen LogP contribution is 2.26. The van der Waals surface area contributed by atoms with E-state index in [1.807, 2.05) is 36.4 Å². The molecule has 0 radical (unpaired) electrons. The van der Waals surface area contributed by atoms with Gasteiger partial charge in [0.2, 0.25) is 3.79 Å². The van der Waals surface area contributed by atoms with Crippen LogP contribution in [0.15, 0.2) is 30.3 Å². The highest BCUT2D eigenvalue weighted by atomic mass is 35.6. The zero-order chi connectivity index (χ0) is 15.0. The number of ether oxygens (including phenoxy) is 2. The molecule has 1 unspecified atom stereocenters. The van der Waals surface area contributed by atoms with Crippen molar-refractivity contribution in [2.24, 2.45) is 0 Å². The minimum absolute atomic E-state index is 0.364. The van der Waals surface area contributed by atoms with Gasteiger partial charge >= 0.3 is 6.16 Å². The summed E-state index contributed by atoms with van der Waals surface area (Å²) in [6.07, 6.45) is -0.964. The smallest absolute Gasteiger partial charge is 0.430 e. The predicted molar refractivity (Wildman–Crippen MR) is 76.9 cm³/mol. The largest absolute Gasteiger partial charge is 0.509 e. The number of carbonyl (C=O) groups is 1. The van der Waals surface area contributed by atoms with Crippen LogP contribution in [0.3, 0.4) is 0 Å². The van der Waals surface area contributed by atoms with Gasteiger partial charge in [0.1, 0.15) is 12.7 Å². The first kappa shape index (κ1) is 16.9. The molecule has 0 saturated carbocycles. The van der Waals surface area contributed by atoms with Gasteiger partial charge in [-0.3, -0.25) is 0 Å². The van der Waals surface area contributed by atoms with Gasteiger partial charge in [0.25, 0.3) is 0 Å². The first-order valence-electron chi connectivity index (χ1n) is 5.74. The molecular formula is C13H12Cl3NO3. The van der Waals surface area contributed by atoms with Crippen molar-refractivity contribution in [2.75, 3.05) is 6.61 Å². The Bertz CT molecular complexity index is 468. The first-order valence-corrected chi connectivity index (χ1v) is 6.88. The summed E-state index contributed by atoms with van der Waals surface area (Å²) < 4.78 is 7.70. The lowest BCUT2D eigenvalue weighted by molar-refractivity contribution is 0.0383. The molecule has 108 valence electrons. The van der Waals surface area contributed by atoms with Crippen molar-refractivity contribution < 1.29 is 14.3 Å². The molecule has 1 atom stereocenters. The zero-order valence-electron chi connectivity index (χ0n) is 10.4. The summed E-state index contributed by atoms with van der Waals surface area (Å²) in [7, 11) is 0. The summed E-state index contributed by atoms with van der Waals surface area (Å²) in [6, 6.07) is 11.4. The molecular weight excluding hydrogens is 325 g/mol. The van der Waals surface area contributed by atoms with E-state index in [0.717, 1.165) is 5.56 Å². The summed E-state index contributed by atoms with van der Waals surface area (Å²) in [6.45, 7) is -0.437. The van der Waals surface area contributed by atoms with Gasteiger partial charge in [-0.15, -0.1) is 0 Å². The van der Waals surface area contributed by atoms with Gasteiger partial charge in [0.05, 0.1) is 0 Å². The van der Waals surface area contributed by atoms with Gasteiger partial charge < -0.3 is 9.47 Å². The van der Waals surface area contributed by atoms with E-state index in [-0.39, 0.29) is 0 Å². The summed E-state index contributed by atoms with van der Waals surface area (Å²) in [5.41, 5.74) is 1.05. The summed E-state index contributed by atoms with van der Waals surface area (Å²) in [5.74, 6) is 0. The summed E-state index contributed by atoms with van der Waals surface area (Å²) in [5, 5.41) is 8.92. The van der Waals surface area contributed by atoms with E-state index in [9.17, 15) is 4.79 Å². The topological polar surface area (TPSA) is 59.3 Å². The molecule has 0 fully saturated rings. The van der Waals surface area contributed by atoms with Crippen LogP contribution in [-0.4, -0.2) is 22.7 Å². The number of hydrogen-bond donors (Lipinski definition) is 0.